The molecule has 1 heterocycles. The number of fused-ring (bicyclic) bond motifs is 1. The summed E-state index contributed by atoms with van der Waals surface area (Å²) in [7, 11) is 0. The highest BCUT2D eigenvalue weighted by atomic mass is 16.5. The average molecular weight is 262 g/mol. The van der Waals surface area contributed by atoms with E-state index in [1.54, 1.807) is 0 Å². The molecule has 0 aromatic heterocycles. The van der Waals surface area contributed by atoms with E-state index in [0.717, 1.165) is 17.7 Å². The van der Waals surface area contributed by atoms with Gasteiger partial charge < -0.3 is 15.4 Å². The van der Waals surface area contributed by atoms with Crippen LogP contribution in [0.15, 0.2) is 24.3 Å². The van der Waals surface area contributed by atoms with Crippen LogP contribution < -0.4 is 15.4 Å². The molecule has 0 aliphatic carbocycles. The lowest BCUT2D eigenvalue weighted by Gasteiger charge is -2.27. The Kier molecular flexibility index (Phi) is 3.98. The number of para-hydroxylation sites is 1. The van der Waals surface area contributed by atoms with Gasteiger partial charge in [-0.2, -0.15) is 0 Å². The molecule has 0 spiro atoms. The van der Waals surface area contributed by atoms with E-state index in [0.29, 0.717) is 13.2 Å². The molecule has 1 aliphatic rings. The van der Waals surface area contributed by atoms with E-state index in [2.05, 4.69) is 31.4 Å². The molecule has 0 saturated carbocycles. The highest BCUT2D eigenvalue weighted by molar-refractivity contribution is 5.74. The molecule has 0 fully saturated rings. The van der Waals surface area contributed by atoms with Crippen molar-refractivity contribution in [3.05, 3.63) is 29.8 Å². The minimum atomic E-state index is -0.114. The Morgan fingerprint density at radius 2 is 2.11 bits per heavy atom. The molecule has 2 amide bonds. The molecular weight excluding hydrogens is 240 g/mol. The zero-order valence-corrected chi connectivity index (χ0v) is 11.8. The summed E-state index contributed by atoms with van der Waals surface area (Å²) in [4.78, 5) is 11.9. The zero-order chi connectivity index (χ0) is 13.9. The maximum absolute atomic E-state index is 11.9. The molecule has 0 saturated heterocycles. The Hall–Kier alpha value is -1.71. The summed E-state index contributed by atoms with van der Waals surface area (Å²) in [6.07, 6.45) is 0.806. The molecular formula is C15H22N2O2. The first-order valence-corrected chi connectivity index (χ1v) is 6.72. The van der Waals surface area contributed by atoms with Crippen LogP contribution in [0.25, 0.3) is 0 Å². The fourth-order valence-corrected chi connectivity index (χ4v) is 2.05. The van der Waals surface area contributed by atoms with Gasteiger partial charge in [-0.1, -0.05) is 39.0 Å². The topological polar surface area (TPSA) is 50.4 Å². The molecule has 2 N–H and O–H groups in total. The number of urea groups is 1. The first kappa shape index (κ1) is 13.7. The van der Waals surface area contributed by atoms with Gasteiger partial charge in [0.05, 0.1) is 12.6 Å². The summed E-state index contributed by atoms with van der Waals surface area (Å²) >= 11 is 0. The average Bonchev–Trinajstić information content (AvgIpc) is 2.36. The first-order chi connectivity index (χ1) is 8.96. The number of carbonyl (C=O) groups is 1. The number of hydrogen-bond donors (Lipinski definition) is 2. The van der Waals surface area contributed by atoms with Crippen molar-refractivity contribution in [3.8, 4) is 5.75 Å². The quantitative estimate of drug-likeness (QED) is 0.861. The summed E-state index contributed by atoms with van der Waals surface area (Å²) in [5.74, 6) is 0.870. The standard InChI is InChI=1S/C15H22N2O2/c1-15(2,3)10-16-14(18)17-12-8-9-19-13-7-5-4-6-11(12)13/h4-7,12H,8-10H2,1-3H3,(H2,16,17,18). The van der Waals surface area contributed by atoms with E-state index in [1.807, 2.05) is 24.3 Å². The van der Waals surface area contributed by atoms with E-state index >= 15 is 0 Å². The molecule has 0 radical (unpaired) electrons. The number of nitrogens with one attached hydrogen (secondary N) is 2. The normalized spacial score (nSPS) is 18.2. The number of amides is 2. The van der Waals surface area contributed by atoms with Crippen molar-refractivity contribution in [3.63, 3.8) is 0 Å². The van der Waals surface area contributed by atoms with E-state index in [9.17, 15) is 4.79 Å². The smallest absolute Gasteiger partial charge is 0.315 e. The van der Waals surface area contributed by atoms with Crippen LogP contribution in [0.2, 0.25) is 0 Å². The highest BCUT2D eigenvalue weighted by Gasteiger charge is 2.22. The third kappa shape index (κ3) is 3.88. The van der Waals surface area contributed by atoms with Gasteiger partial charge in [0, 0.05) is 18.5 Å². The predicted molar refractivity (Wildman–Crippen MR) is 75.3 cm³/mol. The molecule has 1 atom stereocenters. The third-order valence-electron chi connectivity index (χ3n) is 3.04. The molecule has 1 aliphatic heterocycles. The predicted octanol–water partition coefficient (Wildman–Crippen LogP) is 2.86. The highest BCUT2D eigenvalue weighted by Crippen LogP contribution is 2.31. The summed E-state index contributed by atoms with van der Waals surface area (Å²) in [5, 5.41) is 5.93. The molecule has 19 heavy (non-hydrogen) atoms. The second-order valence-electron chi connectivity index (χ2n) is 6.12. The maximum atomic E-state index is 11.9. The van der Waals surface area contributed by atoms with Gasteiger partial charge in [-0.15, -0.1) is 0 Å². The lowest BCUT2D eigenvalue weighted by molar-refractivity contribution is 0.219. The van der Waals surface area contributed by atoms with Crippen LogP contribution in [0, 0.1) is 5.41 Å². The number of rotatable bonds is 2. The summed E-state index contributed by atoms with van der Waals surface area (Å²) < 4.78 is 5.58. The lowest BCUT2D eigenvalue weighted by Crippen LogP contribution is -2.42. The van der Waals surface area contributed by atoms with Crippen molar-refractivity contribution >= 4 is 6.03 Å². The number of benzene rings is 1. The molecule has 1 unspecified atom stereocenters. The monoisotopic (exact) mass is 262 g/mol. The van der Waals surface area contributed by atoms with Gasteiger partial charge >= 0.3 is 6.03 Å². The van der Waals surface area contributed by atoms with Crippen LogP contribution in [0.5, 0.6) is 5.75 Å². The van der Waals surface area contributed by atoms with Crippen molar-refractivity contribution in [1.29, 1.82) is 0 Å². The van der Waals surface area contributed by atoms with Gasteiger partial charge in [0.15, 0.2) is 0 Å². The van der Waals surface area contributed by atoms with Gasteiger partial charge in [0.2, 0.25) is 0 Å². The Bertz CT molecular complexity index is 452. The lowest BCUT2D eigenvalue weighted by atomic mass is 9.97. The maximum Gasteiger partial charge on any atom is 0.315 e. The van der Waals surface area contributed by atoms with Crippen LogP contribution in [0.1, 0.15) is 38.8 Å². The van der Waals surface area contributed by atoms with Gasteiger partial charge in [-0.3, -0.25) is 0 Å². The largest absolute Gasteiger partial charge is 0.493 e. The van der Waals surface area contributed by atoms with Crippen LogP contribution in [0.4, 0.5) is 4.79 Å². The SMILES string of the molecule is CC(C)(C)CNC(=O)NC1CCOc2ccccc21. The molecule has 1 aromatic rings. The van der Waals surface area contributed by atoms with Gasteiger partial charge in [-0.25, -0.2) is 4.79 Å². The van der Waals surface area contributed by atoms with Gasteiger partial charge in [-0.05, 0) is 11.5 Å². The van der Waals surface area contributed by atoms with Crippen molar-refractivity contribution in [2.75, 3.05) is 13.2 Å². The third-order valence-corrected chi connectivity index (χ3v) is 3.04. The summed E-state index contributed by atoms with van der Waals surface area (Å²) in [6.45, 7) is 7.58. The van der Waals surface area contributed by atoms with Crippen LogP contribution in [-0.2, 0) is 0 Å². The minimum Gasteiger partial charge on any atom is -0.493 e. The number of ether oxygens (including phenoxy) is 1. The fraction of sp³-hybridized carbons (Fsp3) is 0.533. The van der Waals surface area contributed by atoms with Gasteiger partial charge in [0.1, 0.15) is 5.75 Å². The molecule has 1 aromatic carbocycles. The Morgan fingerprint density at radius 1 is 1.37 bits per heavy atom. The molecule has 4 nitrogen and oxygen atoms in total. The summed E-state index contributed by atoms with van der Waals surface area (Å²) in [6, 6.07) is 7.77. The van der Waals surface area contributed by atoms with Crippen molar-refractivity contribution in [1.82, 2.24) is 10.6 Å². The Balaban J connectivity index is 1.95. The Labute approximate surface area is 114 Å². The second-order valence-corrected chi connectivity index (χ2v) is 6.12. The first-order valence-electron chi connectivity index (χ1n) is 6.72. The molecule has 4 heteroatoms. The van der Waals surface area contributed by atoms with Crippen LogP contribution in [0.3, 0.4) is 0 Å². The number of carbonyl (C=O) groups excluding carboxylic acids is 1. The van der Waals surface area contributed by atoms with Crippen molar-refractivity contribution in [2.24, 2.45) is 5.41 Å². The fourth-order valence-electron chi connectivity index (χ4n) is 2.05. The van der Waals surface area contributed by atoms with E-state index in [4.69, 9.17) is 4.74 Å². The minimum absolute atomic E-state index is 0.0323. The van der Waals surface area contributed by atoms with Gasteiger partial charge in [0.25, 0.3) is 0 Å². The zero-order valence-electron chi connectivity index (χ0n) is 11.8. The van der Waals surface area contributed by atoms with E-state index < -0.39 is 0 Å². The molecule has 104 valence electrons. The molecule has 2 rings (SSSR count). The van der Waals surface area contributed by atoms with Crippen molar-refractivity contribution in [2.45, 2.75) is 33.2 Å². The van der Waals surface area contributed by atoms with Crippen LogP contribution >= 0.6 is 0 Å². The Morgan fingerprint density at radius 3 is 2.84 bits per heavy atom. The van der Waals surface area contributed by atoms with Crippen molar-refractivity contribution < 1.29 is 9.53 Å². The summed E-state index contributed by atoms with van der Waals surface area (Å²) in [5.41, 5.74) is 1.14. The second kappa shape index (κ2) is 5.51. The number of hydrogen-bond acceptors (Lipinski definition) is 2. The molecule has 0 bridgehead atoms. The van der Waals surface area contributed by atoms with E-state index in [1.165, 1.54) is 0 Å². The van der Waals surface area contributed by atoms with E-state index in [-0.39, 0.29) is 17.5 Å². The van der Waals surface area contributed by atoms with Crippen LogP contribution in [-0.4, -0.2) is 19.2 Å².